The van der Waals surface area contributed by atoms with Gasteiger partial charge in [0, 0.05) is 24.7 Å². The van der Waals surface area contributed by atoms with Gasteiger partial charge in [0.1, 0.15) is 0 Å². The van der Waals surface area contributed by atoms with Crippen molar-refractivity contribution >= 4 is 17.5 Å². The molecule has 5 heteroatoms. The van der Waals surface area contributed by atoms with E-state index in [9.17, 15) is 4.79 Å². The minimum absolute atomic E-state index is 0.0190. The summed E-state index contributed by atoms with van der Waals surface area (Å²) >= 11 is 5.89. The molecule has 1 aromatic rings. The predicted molar refractivity (Wildman–Crippen MR) is 82.0 cm³/mol. The van der Waals surface area contributed by atoms with Gasteiger partial charge < -0.3 is 10.1 Å². The first-order chi connectivity index (χ1) is 9.58. The van der Waals surface area contributed by atoms with E-state index in [1.807, 2.05) is 31.2 Å². The zero-order valence-corrected chi connectivity index (χ0v) is 13.0. The maximum absolute atomic E-state index is 11.9. The van der Waals surface area contributed by atoms with E-state index in [2.05, 4.69) is 17.6 Å². The fourth-order valence-corrected chi connectivity index (χ4v) is 2.08. The second-order valence-electron chi connectivity index (χ2n) is 4.68. The third kappa shape index (κ3) is 5.49. The molecule has 0 aliphatic heterocycles. The van der Waals surface area contributed by atoms with Gasteiger partial charge in [-0.25, -0.2) is 0 Å². The molecule has 1 rings (SSSR count). The van der Waals surface area contributed by atoms with E-state index < -0.39 is 0 Å². The van der Waals surface area contributed by atoms with Crippen molar-refractivity contribution in [3.05, 3.63) is 34.9 Å². The van der Waals surface area contributed by atoms with Crippen LogP contribution in [0.1, 0.15) is 31.9 Å². The number of halogens is 1. The molecule has 0 aliphatic carbocycles. The van der Waals surface area contributed by atoms with Crippen LogP contribution in [0, 0.1) is 0 Å². The summed E-state index contributed by atoms with van der Waals surface area (Å²) in [5.41, 5.74) is 1.13. The lowest BCUT2D eigenvalue weighted by atomic mass is 10.0. The highest BCUT2D eigenvalue weighted by Crippen LogP contribution is 2.19. The summed E-state index contributed by atoms with van der Waals surface area (Å²) in [5, 5.41) is 6.88. The van der Waals surface area contributed by atoms with Gasteiger partial charge in [-0.2, -0.15) is 0 Å². The van der Waals surface area contributed by atoms with Gasteiger partial charge in [0.2, 0.25) is 5.91 Å². The van der Waals surface area contributed by atoms with Crippen LogP contribution in [0.15, 0.2) is 24.3 Å². The normalized spacial score (nSPS) is 13.8. The molecule has 0 aliphatic rings. The fourth-order valence-electron chi connectivity index (χ4n) is 1.95. The summed E-state index contributed by atoms with van der Waals surface area (Å²) in [6, 6.07) is 7.58. The van der Waals surface area contributed by atoms with Crippen molar-refractivity contribution in [2.75, 3.05) is 20.3 Å². The number of carbonyl (C=O) groups excluding carboxylic acids is 1. The Morgan fingerprint density at radius 2 is 2.00 bits per heavy atom. The lowest BCUT2D eigenvalue weighted by Gasteiger charge is -2.22. The Labute approximate surface area is 125 Å². The van der Waals surface area contributed by atoms with Crippen LogP contribution in [0.5, 0.6) is 0 Å². The highest BCUT2D eigenvalue weighted by Gasteiger charge is 2.17. The number of hydrogen-bond acceptors (Lipinski definition) is 3. The lowest BCUT2D eigenvalue weighted by molar-refractivity contribution is -0.123. The van der Waals surface area contributed by atoms with Crippen molar-refractivity contribution in [3.63, 3.8) is 0 Å². The van der Waals surface area contributed by atoms with Crippen LogP contribution in [0.4, 0.5) is 0 Å². The van der Waals surface area contributed by atoms with Crippen LogP contribution >= 0.6 is 11.6 Å². The average Bonchev–Trinajstić information content (AvgIpc) is 2.45. The molecule has 0 bridgehead atoms. The number of nitrogens with one attached hydrogen (secondary N) is 2. The van der Waals surface area contributed by atoms with Crippen LogP contribution in [0.3, 0.4) is 0 Å². The molecule has 2 atom stereocenters. The first-order valence-corrected chi connectivity index (χ1v) is 7.24. The number of rotatable bonds is 8. The summed E-state index contributed by atoms with van der Waals surface area (Å²) in [7, 11) is 1.61. The highest BCUT2D eigenvalue weighted by atomic mass is 35.5. The Kier molecular flexibility index (Phi) is 7.59. The zero-order chi connectivity index (χ0) is 15.0. The van der Waals surface area contributed by atoms with Gasteiger partial charge in [0.15, 0.2) is 0 Å². The topological polar surface area (TPSA) is 50.4 Å². The lowest BCUT2D eigenvalue weighted by Crippen LogP contribution is -2.44. The molecule has 20 heavy (non-hydrogen) atoms. The maximum atomic E-state index is 11.9. The van der Waals surface area contributed by atoms with Crippen LogP contribution < -0.4 is 10.6 Å². The van der Waals surface area contributed by atoms with Crippen LogP contribution in [-0.4, -0.2) is 32.2 Å². The molecule has 0 radical (unpaired) electrons. The maximum Gasteiger partial charge on any atom is 0.236 e. The monoisotopic (exact) mass is 298 g/mol. The zero-order valence-electron chi connectivity index (χ0n) is 12.3. The molecule has 0 spiro atoms. The standard InChI is InChI=1S/C15H23ClN2O2/c1-4-14(12-5-7-13(16)8-6-12)18-11(2)15(19)17-9-10-20-3/h5-8,11,14,18H,4,9-10H2,1-3H3,(H,17,19). The third-order valence-electron chi connectivity index (χ3n) is 3.13. The molecule has 1 aromatic carbocycles. The summed E-state index contributed by atoms with van der Waals surface area (Å²) in [4.78, 5) is 11.9. The number of hydrogen-bond donors (Lipinski definition) is 2. The smallest absolute Gasteiger partial charge is 0.236 e. The second-order valence-corrected chi connectivity index (χ2v) is 5.12. The predicted octanol–water partition coefficient (Wildman–Crippen LogP) is 2.53. The summed E-state index contributed by atoms with van der Waals surface area (Å²) in [6.07, 6.45) is 0.900. The first kappa shape index (κ1) is 17.0. The van der Waals surface area contributed by atoms with Crippen LogP contribution in [0.2, 0.25) is 5.02 Å². The second kappa shape index (κ2) is 8.95. The molecule has 1 amide bonds. The molecule has 0 saturated heterocycles. The van der Waals surface area contributed by atoms with E-state index in [-0.39, 0.29) is 18.0 Å². The molecule has 2 N–H and O–H groups in total. The van der Waals surface area contributed by atoms with Crippen molar-refractivity contribution in [2.24, 2.45) is 0 Å². The summed E-state index contributed by atoms with van der Waals surface area (Å²) in [5.74, 6) is -0.0190. The van der Waals surface area contributed by atoms with E-state index in [1.165, 1.54) is 0 Å². The van der Waals surface area contributed by atoms with E-state index >= 15 is 0 Å². The van der Waals surface area contributed by atoms with Gasteiger partial charge in [0.05, 0.1) is 12.6 Å². The van der Waals surface area contributed by atoms with Gasteiger partial charge in [-0.15, -0.1) is 0 Å². The summed E-state index contributed by atoms with van der Waals surface area (Å²) < 4.78 is 4.91. The largest absolute Gasteiger partial charge is 0.383 e. The molecule has 4 nitrogen and oxygen atoms in total. The van der Waals surface area contributed by atoms with E-state index in [0.717, 1.165) is 12.0 Å². The van der Waals surface area contributed by atoms with Crippen LogP contribution in [0.25, 0.3) is 0 Å². The average molecular weight is 299 g/mol. The van der Waals surface area contributed by atoms with Crippen molar-refractivity contribution in [3.8, 4) is 0 Å². The Balaban J connectivity index is 2.54. The first-order valence-electron chi connectivity index (χ1n) is 6.86. The van der Waals surface area contributed by atoms with E-state index in [0.29, 0.717) is 18.2 Å². The van der Waals surface area contributed by atoms with Gasteiger partial charge in [-0.1, -0.05) is 30.7 Å². The molecular formula is C15H23ClN2O2. The number of methoxy groups -OCH3 is 1. The molecule has 0 heterocycles. The molecular weight excluding hydrogens is 276 g/mol. The minimum Gasteiger partial charge on any atom is -0.383 e. The Bertz CT molecular complexity index is 409. The van der Waals surface area contributed by atoms with Crippen molar-refractivity contribution in [2.45, 2.75) is 32.4 Å². The SMILES string of the molecule is CCC(NC(C)C(=O)NCCOC)c1ccc(Cl)cc1. The van der Waals surface area contributed by atoms with E-state index in [1.54, 1.807) is 7.11 Å². The Morgan fingerprint density at radius 1 is 1.35 bits per heavy atom. The Hall–Kier alpha value is -1.10. The quantitative estimate of drug-likeness (QED) is 0.725. The summed E-state index contributed by atoms with van der Waals surface area (Å²) in [6.45, 7) is 4.99. The molecule has 2 unspecified atom stereocenters. The van der Waals surface area contributed by atoms with Crippen molar-refractivity contribution < 1.29 is 9.53 Å². The molecule has 112 valence electrons. The Morgan fingerprint density at radius 3 is 2.55 bits per heavy atom. The number of benzene rings is 1. The number of amides is 1. The van der Waals surface area contributed by atoms with Crippen molar-refractivity contribution in [1.82, 2.24) is 10.6 Å². The number of ether oxygens (including phenoxy) is 1. The van der Waals surface area contributed by atoms with Gasteiger partial charge >= 0.3 is 0 Å². The third-order valence-corrected chi connectivity index (χ3v) is 3.38. The van der Waals surface area contributed by atoms with Crippen molar-refractivity contribution in [1.29, 1.82) is 0 Å². The van der Waals surface area contributed by atoms with Gasteiger partial charge in [-0.3, -0.25) is 10.1 Å². The molecule has 0 aromatic heterocycles. The number of carbonyl (C=O) groups is 1. The highest BCUT2D eigenvalue weighted by molar-refractivity contribution is 6.30. The minimum atomic E-state index is -0.257. The van der Waals surface area contributed by atoms with Crippen LogP contribution in [-0.2, 0) is 9.53 Å². The molecule has 0 saturated carbocycles. The van der Waals surface area contributed by atoms with Gasteiger partial charge in [0.25, 0.3) is 0 Å². The fraction of sp³-hybridized carbons (Fsp3) is 0.533. The van der Waals surface area contributed by atoms with E-state index in [4.69, 9.17) is 16.3 Å². The van der Waals surface area contributed by atoms with Gasteiger partial charge in [-0.05, 0) is 31.0 Å². The molecule has 0 fully saturated rings.